The summed E-state index contributed by atoms with van der Waals surface area (Å²) < 4.78 is 0. The summed E-state index contributed by atoms with van der Waals surface area (Å²) in [4.78, 5) is 4.29. The van der Waals surface area contributed by atoms with Crippen LogP contribution in [-0.2, 0) is 0 Å². The summed E-state index contributed by atoms with van der Waals surface area (Å²) in [5, 5.41) is 6.59. The molecule has 1 atom stereocenters. The molecule has 0 aliphatic carbocycles. The minimum absolute atomic E-state index is 0.559. The first kappa shape index (κ1) is 13.2. The zero-order chi connectivity index (χ0) is 13.2. The summed E-state index contributed by atoms with van der Waals surface area (Å²) in [6.45, 7) is 4.61. The Hall–Kier alpha value is -0.770. The molecule has 98 valence electrons. The summed E-state index contributed by atoms with van der Waals surface area (Å²) in [6, 6.07) is 8.77. The van der Waals surface area contributed by atoms with Crippen LogP contribution in [0, 0.1) is 11.8 Å². The molecule has 0 nitrogen and oxygen atoms in total. The lowest BCUT2D eigenvalue weighted by Gasteiger charge is -2.18. The Kier molecular flexibility index (Phi) is 3.96. The van der Waals surface area contributed by atoms with E-state index in [1.807, 2.05) is 34.4 Å². The van der Waals surface area contributed by atoms with Gasteiger partial charge in [-0.15, -0.1) is 34.4 Å². The number of thioether (sulfide) groups is 1. The third-order valence-corrected chi connectivity index (χ3v) is 6.08. The van der Waals surface area contributed by atoms with Gasteiger partial charge in [0.05, 0.1) is 0 Å². The average Bonchev–Trinajstić information content (AvgIpc) is 3.12. The van der Waals surface area contributed by atoms with E-state index in [2.05, 4.69) is 60.4 Å². The SMILES string of the molecule is CC(C)C1C=CSC1=C(c1cccs1)c1cccs1. The number of allylic oxidation sites excluding steroid dienone is 2. The van der Waals surface area contributed by atoms with Crippen molar-refractivity contribution in [3.05, 3.63) is 61.2 Å². The van der Waals surface area contributed by atoms with Crippen LogP contribution in [-0.4, -0.2) is 0 Å². The van der Waals surface area contributed by atoms with E-state index in [9.17, 15) is 0 Å². The molecule has 0 bridgehead atoms. The van der Waals surface area contributed by atoms with Crippen molar-refractivity contribution in [1.82, 2.24) is 0 Å². The van der Waals surface area contributed by atoms with Crippen LogP contribution in [0.1, 0.15) is 23.6 Å². The lowest BCUT2D eigenvalue weighted by Crippen LogP contribution is -2.05. The number of hydrogen-bond donors (Lipinski definition) is 0. The van der Waals surface area contributed by atoms with E-state index in [-0.39, 0.29) is 0 Å². The lowest BCUT2D eigenvalue weighted by atomic mass is 9.92. The Balaban J connectivity index is 2.15. The molecule has 1 unspecified atom stereocenters. The standard InChI is InChI=1S/C16H16S3/c1-11(2)12-7-10-19-16(12)15(13-5-3-8-17-13)14-6-4-9-18-14/h3-12H,1-2H3. The second-order valence-corrected chi connectivity index (χ2v) is 7.75. The number of hydrogen-bond acceptors (Lipinski definition) is 3. The summed E-state index contributed by atoms with van der Waals surface area (Å²) >= 11 is 5.57. The van der Waals surface area contributed by atoms with Crippen molar-refractivity contribution in [3.63, 3.8) is 0 Å². The fourth-order valence-corrected chi connectivity index (χ4v) is 5.35. The van der Waals surface area contributed by atoms with Crippen LogP contribution in [0.4, 0.5) is 0 Å². The Morgan fingerprint density at radius 2 is 1.68 bits per heavy atom. The van der Waals surface area contributed by atoms with Gasteiger partial charge in [-0.3, -0.25) is 0 Å². The van der Waals surface area contributed by atoms with Gasteiger partial charge in [-0.1, -0.05) is 32.1 Å². The highest BCUT2D eigenvalue weighted by Crippen LogP contribution is 2.46. The van der Waals surface area contributed by atoms with Gasteiger partial charge >= 0.3 is 0 Å². The van der Waals surface area contributed by atoms with Crippen LogP contribution in [0.2, 0.25) is 0 Å². The molecule has 0 amide bonds. The quantitative estimate of drug-likeness (QED) is 0.660. The monoisotopic (exact) mass is 304 g/mol. The van der Waals surface area contributed by atoms with Crippen LogP contribution in [0.25, 0.3) is 5.57 Å². The van der Waals surface area contributed by atoms with Gasteiger partial charge in [-0.25, -0.2) is 0 Å². The molecule has 1 aliphatic rings. The van der Waals surface area contributed by atoms with Crippen LogP contribution in [0.5, 0.6) is 0 Å². The highest BCUT2D eigenvalue weighted by atomic mass is 32.2. The predicted molar refractivity (Wildman–Crippen MR) is 89.7 cm³/mol. The molecule has 0 spiro atoms. The summed E-state index contributed by atoms with van der Waals surface area (Å²) in [6.07, 6.45) is 2.35. The topological polar surface area (TPSA) is 0 Å². The molecule has 19 heavy (non-hydrogen) atoms. The number of rotatable bonds is 3. The smallest absolute Gasteiger partial charge is 0.0365 e. The van der Waals surface area contributed by atoms with Crippen molar-refractivity contribution in [2.45, 2.75) is 13.8 Å². The van der Waals surface area contributed by atoms with E-state index in [1.165, 1.54) is 20.2 Å². The van der Waals surface area contributed by atoms with Crippen molar-refractivity contribution < 1.29 is 0 Å². The zero-order valence-corrected chi connectivity index (χ0v) is 13.4. The van der Waals surface area contributed by atoms with Gasteiger partial charge in [-0.05, 0) is 34.2 Å². The summed E-state index contributed by atoms with van der Waals surface area (Å²) in [5.74, 6) is 1.21. The molecule has 3 heterocycles. The predicted octanol–water partition coefficient (Wildman–Crippen LogP) is 6.10. The van der Waals surface area contributed by atoms with Crippen LogP contribution in [0.15, 0.2) is 51.4 Å². The van der Waals surface area contributed by atoms with Crippen LogP contribution in [0.3, 0.4) is 0 Å². The molecule has 3 heteroatoms. The molecule has 0 N–H and O–H groups in total. The maximum atomic E-state index is 2.35. The van der Waals surface area contributed by atoms with Crippen molar-refractivity contribution >= 4 is 40.0 Å². The van der Waals surface area contributed by atoms with Gasteiger partial charge < -0.3 is 0 Å². The first-order chi connectivity index (χ1) is 9.27. The Morgan fingerprint density at radius 1 is 1.05 bits per heavy atom. The highest BCUT2D eigenvalue weighted by molar-refractivity contribution is 8.06. The molecular formula is C16H16S3. The van der Waals surface area contributed by atoms with Gasteiger partial charge in [0.1, 0.15) is 0 Å². The van der Waals surface area contributed by atoms with E-state index in [1.54, 1.807) is 0 Å². The van der Waals surface area contributed by atoms with E-state index in [0.29, 0.717) is 11.8 Å². The Labute approximate surface area is 126 Å². The molecule has 0 saturated carbocycles. The maximum absolute atomic E-state index is 2.35. The number of thiophene rings is 2. The summed E-state index contributed by atoms with van der Waals surface area (Å²) in [5.41, 5.74) is 1.44. The Morgan fingerprint density at radius 3 is 2.16 bits per heavy atom. The fourth-order valence-electron chi connectivity index (χ4n) is 2.32. The van der Waals surface area contributed by atoms with E-state index in [4.69, 9.17) is 0 Å². The van der Waals surface area contributed by atoms with Crippen molar-refractivity contribution in [3.8, 4) is 0 Å². The average molecular weight is 305 g/mol. The van der Waals surface area contributed by atoms with Gasteiger partial charge in [0.15, 0.2) is 0 Å². The van der Waals surface area contributed by atoms with Crippen molar-refractivity contribution in [1.29, 1.82) is 0 Å². The molecule has 0 aromatic carbocycles. The third-order valence-electron chi connectivity index (χ3n) is 3.28. The molecule has 0 fully saturated rings. The lowest BCUT2D eigenvalue weighted by molar-refractivity contribution is 0.549. The molecule has 1 aliphatic heterocycles. The molecule has 3 rings (SSSR count). The first-order valence-electron chi connectivity index (χ1n) is 6.42. The molecule has 2 aromatic rings. The molecule has 2 aromatic heterocycles. The van der Waals surface area contributed by atoms with Crippen molar-refractivity contribution in [2.75, 3.05) is 0 Å². The fraction of sp³-hybridized carbons (Fsp3) is 0.250. The van der Waals surface area contributed by atoms with Gasteiger partial charge in [0.2, 0.25) is 0 Å². The van der Waals surface area contributed by atoms with Crippen LogP contribution < -0.4 is 0 Å². The minimum Gasteiger partial charge on any atom is -0.144 e. The maximum Gasteiger partial charge on any atom is 0.0365 e. The van der Waals surface area contributed by atoms with E-state index < -0.39 is 0 Å². The molecular weight excluding hydrogens is 288 g/mol. The Bertz CT molecular complexity index is 550. The van der Waals surface area contributed by atoms with Gasteiger partial charge in [0, 0.05) is 26.2 Å². The van der Waals surface area contributed by atoms with Gasteiger partial charge in [-0.2, -0.15) is 0 Å². The second kappa shape index (κ2) is 5.70. The highest BCUT2D eigenvalue weighted by Gasteiger charge is 2.25. The van der Waals surface area contributed by atoms with Crippen LogP contribution >= 0.6 is 34.4 Å². The third kappa shape index (κ3) is 2.60. The van der Waals surface area contributed by atoms with E-state index >= 15 is 0 Å². The molecule has 0 radical (unpaired) electrons. The van der Waals surface area contributed by atoms with Crippen molar-refractivity contribution in [2.24, 2.45) is 11.8 Å². The van der Waals surface area contributed by atoms with E-state index in [0.717, 1.165) is 0 Å². The van der Waals surface area contributed by atoms with Gasteiger partial charge in [0.25, 0.3) is 0 Å². The largest absolute Gasteiger partial charge is 0.144 e. The normalized spacial score (nSPS) is 18.5. The zero-order valence-electron chi connectivity index (χ0n) is 11.0. The first-order valence-corrected chi connectivity index (χ1v) is 9.06. The second-order valence-electron chi connectivity index (χ2n) is 4.91. The minimum atomic E-state index is 0.559. The molecule has 0 saturated heterocycles. The summed E-state index contributed by atoms with van der Waals surface area (Å²) in [7, 11) is 0.